The lowest BCUT2D eigenvalue weighted by atomic mass is 10.2. The molecule has 5 nitrogen and oxygen atoms in total. The molecule has 3 aromatic heterocycles. The van der Waals surface area contributed by atoms with E-state index in [1.165, 1.54) is 33.6 Å². The van der Waals surface area contributed by atoms with Gasteiger partial charge >= 0.3 is 0 Å². The number of fused-ring (bicyclic) bond motifs is 1. The minimum atomic E-state index is -0.141. The molecule has 0 unspecified atom stereocenters. The summed E-state index contributed by atoms with van der Waals surface area (Å²) in [4.78, 5) is 33.5. The molecule has 0 spiro atoms. The highest BCUT2D eigenvalue weighted by Gasteiger charge is 2.23. The Bertz CT molecular complexity index is 1020. The summed E-state index contributed by atoms with van der Waals surface area (Å²) < 4.78 is 2.11. The lowest BCUT2D eigenvalue weighted by molar-refractivity contribution is 0.0768. The van der Waals surface area contributed by atoms with Crippen molar-refractivity contribution in [3.63, 3.8) is 0 Å². The van der Waals surface area contributed by atoms with Gasteiger partial charge in [0.25, 0.3) is 11.5 Å². The van der Waals surface area contributed by atoms with Gasteiger partial charge in [-0.05, 0) is 24.6 Å². The van der Waals surface area contributed by atoms with Crippen LogP contribution in [-0.4, -0.2) is 26.9 Å². The van der Waals surface area contributed by atoms with Gasteiger partial charge in [-0.15, -0.1) is 29.3 Å². The van der Waals surface area contributed by atoms with E-state index in [0.717, 1.165) is 4.88 Å². The van der Waals surface area contributed by atoms with E-state index in [1.807, 2.05) is 12.1 Å². The van der Waals surface area contributed by atoms with Crippen molar-refractivity contribution in [2.45, 2.75) is 13.5 Å². The zero-order chi connectivity index (χ0) is 18.1. The Morgan fingerprint density at radius 1 is 1.44 bits per heavy atom. The Morgan fingerprint density at radius 2 is 2.20 bits per heavy atom. The van der Waals surface area contributed by atoms with Crippen LogP contribution >= 0.6 is 34.3 Å². The molecule has 0 bridgehead atoms. The number of thiophene rings is 2. The molecule has 25 heavy (non-hydrogen) atoms. The molecule has 0 saturated heterocycles. The number of hydrogen-bond donors (Lipinski definition) is 0. The average Bonchev–Trinajstić information content (AvgIpc) is 3.14. The molecule has 1 amide bonds. The maximum absolute atomic E-state index is 13.1. The monoisotopic (exact) mass is 393 g/mol. The first kappa shape index (κ1) is 17.8. The second-order valence-corrected chi connectivity index (χ2v) is 8.38. The smallest absolute Gasteiger partial charge is 0.264 e. The number of carbonyl (C=O) groups is 1. The maximum Gasteiger partial charge on any atom is 0.264 e. The van der Waals surface area contributed by atoms with Crippen molar-refractivity contribution in [1.29, 1.82) is 0 Å². The predicted molar refractivity (Wildman–Crippen MR) is 104 cm³/mol. The predicted octanol–water partition coefficient (Wildman–Crippen LogP) is 3.85. The van der Waals surface area contributed by atoms with E-state index in [9.17, 15) is 9.59 Å². The van der Waals surface area contributed by atoms with E-state index in [4.69, 9.17) is 11.6 Å². The van der Waals surface area contributed by atoms with E-state index in [0.29, 0.717) is 38.1 Å². The van der Waals surface area contributed by atoms with Crippen molar-refractivity contribution in [3.8, 4) is 0 Å². The van der Waals surface area contributed by atoms with Gasteiger partial charge in [-0.25, -0.2) is 4.98 Å². The average molecular weight is 394 g/mol. The zero-order valence-electron chi connectivity index (χ0n) is 13.8. The largest absolute Gasteiger partial charge is 0.329 e. The molecule has 0 radical (unpaired) electrons. The Labute approximate surface area is 157 Å². The minimum absolute atomic E-state index is 0.132. The first-order valence-electron chi connectivity index (χ1n) is 7.51. The molecule has 8 heteroatoms. The number of hydrogen-bond acceptors (Lipinski definition) is 5. The number of carbonyl (C=O) groups excluding carboxylic acids is 1. The van der Waals surface area contributed by atoms with E-state index >= 15 is 0 Å². The van der Waals surface area contributed by atoms with Crippen molar-refractivity contribution >= 4 is 50.4 Å². The van der Waals surface area contributed by atoms with Gasteiger partial charge in [0.05, 0.1) is 27.5 Å². The first-order chi connectivity index (χ1) is 11.9. The summed E-state index contributed by atoms with van der Waals surface area (Å²) in [6.07, 6.45) is 3.16. The third-order valence-electron chi connectivity index (χ3n) is 3.82. The number of amides is 1. The third-order valence-corrected chi connectivity index (χ3v) is 6.22. The Hall–Kier alpha value is -1.96. The van der Waals surface area contributed by atoms with Gasteiger partial charge in [0.2, 0.25) is 0 Å². The number of nitrogens with zero attached hydrogens (tertiary/aromatic N) is 3. The lowest BCUT2D eigenvalue weighted by Crippen LogP contribution is -2.30. The third kappa shape index (κ3) is 3.40. The topological polar surface area (TPSA) is 55.2 Å². The summed E-state index contributed by atoms with van der Waals surface area (Å²) in [5.41, 5.74) is 0.537. The molecule has 0 aliphatic carbocycles. The van der Waals surface area contributed by atoms with Gasteiger partial charge in [-0.1, -0.05) is 17.7 Å². The maximum atomic E-state index is 13.1. The van der Waals surface area contributed by atoms with Crippen LogP contribution in [-0.2, 0) is 13.6 Å². The molecule has 0 saturated carbocycles. The minimum Gasteiger partial charge on any atom is -0.329 e. The van der Waals surface area contributed by atoms with Crippen LogP contribution in [0.1, 0.15) is 20.1 Å². The molecule has 3 rings (SSSR count). The number of halogens is 1. The normalized spacial score (nSPS) is 11.0. The van der Waals surface area contributed by atoms with Crippen molar-refractivity contribution in [2.24, 2.45) is 7.05 Å². The van der Waals surface area contributed by atoms with E-state index in [-0.39, 0.29) is 11.5 Å². The Kier molecular flexibility index (Phi) is 5.08. The highest BCUT2D eigenvalue weighted by molar-refractivity contribution is 7.20. The summed E-state index contributed by atoms with van der Waals surface area (Å²) in [5, 5.41) is 0.510. The summed E-state index contributed by atoms with van der Waals surface area (Å²) in [6, 6.07) is 3.72. The van der Waals surface area contributed by atoms with Crippen LogP contribution in [0.2, 0.25) is 4.34 Å². The first-order valence-corrected chi connectivity index (χ1v) is 9.52. The number of rotatable bonds is 5. The number of aromatic nitrogens is 2. The molecular formula is C17H16ClN3O2S2. The van der Waals surface area contributed by atoms with Crippen molar-refractivity contribution in [3.05, 3.63) is 61.1 Å². The molecule has 0 atom stereocenters. The van der Waals surface area contributed by atoms with E-state index in [2.05, 4.69) is 11.6 Å². The van der Waals surface area contributed by atoms with Crippen molar-refractivity contribution in [1.82, 2.24) is 14.5 Å². The van der Waals surface area contributed by atoms with Gasteiger partial charge in [-0.2, -0.15) is 0 Å². The summed E-state index contributed by atoms with van der Waals surface area (Å²) in [6.45, 7) is 6.39. The molecule has 0 N–H and O–H groups in total. The molecule has 0 aromatic carbocycles. The van der Waals surface area contributed by atoms with E-state index < -0.39 is 0 Å². The lowest BCUT2D eigenvalue weighted by Gasteiger charge is -2.20. The Morgan fingerprint density at radius 3 is 2.84 bits per heavy atom. The van der Waals surface area contributed by atoms with Crippen molar-refractivity contribution < 1.29 is 4.79 Å². The molecule has 3 heterocycles. The van der Waals surface area contributed by atoms with E-state index in [1.54, 1.807) is 24.9 Å². The summed E-state index contributed by atoms with van der Waals surface area (Å²) in [7, 11) is 1.65. The van der Waals surface area contributed by atoms with Crippen molar-refractivity contribution in [2.75, 3.05) is 6.54 Å². The molecule has 0 aliphatic heterocycles. The van der Waals surface area contributed by atoms with Gasteiger partial charge in [0, 0.05) is 18.5 Å². The highest BCUT2D eigenvalue weighted by atomic mass is 35.5. The van der Waals surface area contributed by atoms with Gasteiger partial charge in [0.15, 0.2) is 0 Å². The summed E-state index contributed by atoms with van der Waals surface area (Å²) >= 11 is 8.68. The zero-order valence-corrected chi connectivity index (χ0v) is 16.2. The summed E-state index contributed by atoms with van der Waals surface area (Å²) in [5.74, 6) is -0.132. The molecule has 0 aliphatic rings. The van der Waals surface area contributed by atoms with Crippen LogP contribution in [0, 0.1) is 6.92 Å². The van der Waals surface area contributed by atoms with Crippen LogP contribution in [0.15, 0.2) is 35.9 Å². The Balaban J connectivity index is 2.01. The van der Waals surface area contributed by atoms with Gasteiger partial charge < -0.3 is 9.47 Å². The highest BCUT2D eigenvalue weighted by Crippen LogP contribution is 2.29. The molecule has 3 aromatic rings. The van der Waals surface area contributed by atoms with Gasteiger partial charge in [-0.3, -0.25) is 9.59 Å². The second-order valence-electron chi connectivity index (χ2n) is 5.58. The van der Waals surface area contributed by atoms with Crippen LogP contribution in [0.5, 0.6) is 0 Å². The van der Waals surface area contributed by atoms with Crippen LogP contribution < -0.4 is 5.56 Å². The van der Waals surface area contributed by atoms with Gasteiger partial charge in [0.1, 0.15) is 4.83 Å². The van der Waals surface area contributed by atoms with Crippen LogP contribution in [0.25, 0.3) is 10.2 Å². The fourth-order valence-electron chi connectivity index (χ4n) is 2.56. The quantitative estimate of drug-likeness (QED) is 0.619. The molecule has 130 valence electrons. The fraction of sp³-hybridized carbons (Fsp3) is 0.235. The van der Waals surface area contributed by atoms with Crippen LogP contribution in [0.4, 0.5) is 0 Å². The van der Waals surface area contributed by atoms with Crippen LogP contribution in [0.3, 0.4) is 0 Å². The fourth-order valence-corrected chi connectivity index (χ4v) is 4.77. The molecular weight excluding hydrogens is 378 g/mol. The second kappa shape index (κ2) is 7.11. The molecule has 0 fully saturated rings. The SMILES string of the molecule is C=CCN(Cc1ccc(Cl)s1)C(=O)c1sc2ncn(C)c(=O)c2c1C. The standard InChI is InChI=1S/C17H16ClN3O2S2/c1-4-7-21(8-11-5-6-12(18)24-11)17(23)14-10(2)13-15(25-14)19-9-20(3)16(13)22/h4-6,9H,1,7-8H2,2-3H3. The number of aryl methyl sites for hydroxylation is 2.